The summed E-state index contributed by atoms with van der Waals surface area (Å²) in [6.07, 6.45) is 1.27. The van der Waals surface area contributed by atoms with Gasteiger partial charge in [-0.2, -0.15) is 0 Å². The first-order chi connectivity index (χ1) is 5.58. The summed E-state index contributed by atoms with van der Waals surface area (Å²) in [7, 11) is 0. The molecule has 0 aliphatic heterocycles. The number of amides is 1. The van der Waals surface area contributed by atoms with Crippen LogP contribution >= 0.6 is 0 Å². The number of aliphatic hydroxyl groups is 1. The Morgan fingerprint density at radius 2 is 2.00 bits per heavy atom. The van der Waals surface area contributed by atoms with Crippen LogP contribution in [0.15, 0.2) is 0 Å². The largest absolute Gasteiger partial charge is 0.388 e. The molecule has 0 rings (SSSR count). The first-order valence-electron chi connectivity index (χ1n) is 4.27. The fraction of sp³-hybridized carbons (Fsp3) is 0.875. The molecule has 0 aliphatic carbocycles. The molecule has 4 heteroatoms. The van der Waals surface area contributed by atoms with E-state index in [9.17, 15) is 9.90 Å². The lowest BCUT2D eigenvalue weighted by Crippen LogP contribution is -2.43. The first kappa shape index (κ1) is 11.4. The van der Waals surface area contributed by atoms with Gasteiger partial charge in [0.15, 0.2) is 0 Å². The van der Waals surface area contributed by atoms with Gasteiger partial charge >= 0.3 is 0 Å². The molecule has 4 nitrogen and oxygen atoms in total. The zero-order chi connectivity index (χ0) is 9.61. The van der Waals surface area contributed by atoms with Crippen molar-refractivity contribution in [2.24, 2.45) is 5.73 Å². The van der Waals surface area contributed by atoms with Crippen LogP contribution in [0.5, 0.6) is 0 Å². The highest BCUT2D eigenvalue weighted by molar-refractivity contribution is 5.77. The second kappa shape index (κ2) is 5.11. The van der Waals surface area contributed by atoms with Gasteiger partial charge in [-0.05, 0) is 12.8 Å². The Kier molecular flexibility index (Phi) is 4.85. The summed E-state index contributed by atoms with van der Waals surface area (Å²) in [4.78, 5) is 10.7. The Morgan fingerprint density at radius 3 is 2.33 bits per heavy atom. The highest BCUT2D eigenvalue weighted by Gasteiger charge is 2.22. The van der Waals surface area contributed by atoms with Crippen LogP contribution in [0, 0.1) is 0 Å². The number of nitrogens with two attached hydrogens (primary N) is 1. The van der Waals surface area contributed by atoms with Crippen LogP contribution in [-0.4, -0.2) is 29.7 Å². The maximum atomic E-state index is 10.7. The highest BCUT2D eigenvalue weighted by Crippen LogP contribution is 2.12. The Hall–Kier alpha value is -0.610. The first-order valence-corrected chi connectivity index (χ1v) is 4.27. The second-order valence-corrected chi connectivity index (χ2v) is 2.91. The number of carbonyl (C=O) groups is 1. The highest BCUT2D eigenvalue weighted by atomic mass is 16.3. The van der Waals surface area contributed by atoms with E-state index in [1.807, 2.05) is 13.8 Å². The van der Waals surface area contributed by atoms with Gasteiger partial charge in [0.2, 0.25) is 5.91 Å². The van der Waals surface area contributed by atoms with Crippen molar-refractivity contribution in [2.45, 2.75) is 32.3 Å². The van der Waals surface area contributed by atoms with E-state index in [4.69, 9.17) is 5.73 Å². The predicted octanol–water partition coefficient (Wildman–Crippen LogP) is -0.388. The van der Waals surface area contributed by atoms with Crippen molar-refractivity contribution in [3.63, 3.8) is 0 Å². The van der Waals surface area contributed by atoms with Crippen molar-refractivity contribution >= 4 is 5.91 Å². The Morgan fingerprint density at radius 1 is 1.50 bits per heavy atom. The SMILES string of the molecule is CCC(O)(CC)CNC(=O)CN. The second-order valence-electron chi connectivity index (χ2n) is 2.91. The number of hydrogen-bond acceptors (Lipinski definition) is 3. The third-order valence-electron chi connectivity index (χ3n) is 2.12. The van der Waals surface area contributed by atoms with Crippen LogP contribution in [-0.2, 0) is 4.79 Å². The standard InChI is InChI=1S/C8H18N2O2/c1-3-8(12,4-2)6-10-7(11)5-9/h12H,3-6,9H2,1-2H3,(H,10,11). The summed E-state index contributed by atoms with van der Waals surface area (Å²) in [5, 5.41) is 12.3. The van der Waals surface area contributed by atoms with Crippen LogP contribution in [0.4, 0.5) is 0 Å². The predicted molar refractivity (Wildman–Crippen MR) is 47.6 cm³/mol. The van der Waals surface area contributed by atoms with E-state index in [-0.39, 0.29) is 19.0 Å². The molecular weight excluding hydrogens is 156 g/mol. The Balaban J connectivity index is 3.80. The van der Waals surface area contributed by atoms with Crippen molar-refractivity contribution in [1.82, 2.24) is 5.32 Å². The van der Waals surface area contributed by atoms with E-state index >= 15 is 0 Å². The van der Waals surface area contributed by atoms with Crippen LogP contribution in [0.3, 0.4) is 0 Å². The molecule has 0 saturated heterocycles. The molecule has 0 atom stereocenters. The van der Waals surface area contributed by atoms with Gasteiger partial charge in [0.1, 0.15) is 0 Å². The summed E-state index contributed by atoms with van der Waals surface area (Å²) in [6.45, 7) is 4.04. The lowest BCUT2D eigenvalue weighted by molar-refractivity contribution is -0.121. The van der Waals surface area contributed by atoms with Crippen molar-refractivity contribution in [2.75, 3.05) is 13.1 Å². The topological polar surface area (TPSA) is 75.3 Å². The molecule has 12 heavy (non-hydrogen) atoms. The molecule has 72 valence electrons. The van der Waals surface area contributed by atoms with Gasteiger partial charge < -0.3 is 16.2 Å². The number of nitrogens with one attached hydrogen (secondary N) is 1. The van der Waals surface area contributed by atoms with E-state index in [1.54, 1.807) is 0 Å². The maximum absolute atomic E-state index is 10.7. The number of carbonyl (C=O) groups excluding carboxylic acids is 1. The van der Waals surface area contributed by atoms with Gasteiger partial charge in [-0.1, -0.05) is 13.8 Å². The van der Waals surface area contributed by atoms with Gasteiger partial charge in [0, 0.05) is 6.54 Å². The lowest BCUT2D eigenvalue weighted by Gasteiger charge is -2.25. The quantitative estimate of drug-likeness (QED) is 0.531. The molecule has 0 aromatic carbocycles. The van der Waals surface area contributed by atoms with Crippen molar-refractivity contribution in [3.05, 3.63) is 0 Å². The smallest absolute Gasteiger partial charge is 0.233 e. The van der Waals surface area contributed by atoms with Gasteiger partial charge in [-0.25, -0.2) is 0 Å². The van der Waals surface area contributed by atoms with E-state index in [1.165, 1.54) is 0 Å². The third-order valence-corrected chi connectivity index (χ3v) is 2.12. The van der Waals surface area contributed by atoms with Gasteiger partial charge in [0.25, 0.3) is 0 Å². The summed E-state index contributed by atoms with van der Waals surface area (Å²) in [5.41, 5.74) is 4.32. The molecular formula is C8H18N2O2. The van der Waals surface area contributed by atoms with Crippen LogP contribution in [0.2, 0.25) is 0 Å². The van der Waals surface area contributed by atoms with Crippen LogP contribution in [0.25, 0.3) is 0 Å². The summed E-state index contributed by atoms with van der Waals surface area (Å²) in [6, 6.07) is 0. The average Bonchev–Trinajstić information content (AvgIpc) is 2.13. The zero-order valence-electron chi connectivity index (χ0n) is 7.76. The molecule has 0 saturated carbocycles. The minimum Gasteiger partial charge on any atom is -0.388 e. The molecule has 0 heterocycles. The minimum atomic E-state index is -0.773. The lowest BCUT2D eigenvalue weighted by atomic mass is 9.98. The van der Waals surface area contributed by atoms with Crippen molar-refractivity contribution in [3.8, 4) is 0 Å². The van der Waals surface area contributed by atoms with E-state index < -0.39 is 5.60 Å². The van der Waals surface area contributed by atoms with Crippen molar-refractivity contribution < 1.29 is 9.90 Å². The van der Waals surface area contributed by atoms with Gasteiger partial charge in [0.05, 0.1) is 12.1 Å². The molecule has 0 aromatic heterocycles. The van der Waals surface area contributed by atoms with Crippen LogP contribution in [0.1, 0.15) is 26.7 Å². The van der Waals surface area contributed by atoms with Gasteiger partial charge in [-0.3, -0.25) is 4.79 Å². The molecule has 0 radical (unpaired) electrons. The summed E-state index contributed by atoms with van der Waals surface area (Å²) in [5.74, 6) is -0.227. The van der Waals surface area contributed by atoms with E-state index in [0.29, 0.717) is 12.8 Å². The minimum absolute atomic E-state index is 0.0243. The van der Waals surface area contributed by atoms with Gasteiger partial charge in [-0.15, -0.1) is 0 Å². The molecule has 1 amide bonds. The Bertz CT molecular complexity index is 144. The molecule has 0 fully saturated rings. The Labute approximate surface area is 73.1 Å². The molecule has 4 N–H and O–H groups in total. The zero-order valence-corrected chi connectivity index (χ0v) is 7.76. The van der Waals surface area contributed by atoms with Crippen molar-refractivity contribution in [1.29, 1.82) is 0 Å². The summed E-state index contributed by atoms with van der Waals surface area (Å²) < 4.78 is 0. The normalized spacial score (nSPS) is 11.3. The fourth-order valence-electron chi connectivity index (χ4n) is 0.835. The summed E-state index contributed by atoms with van der Waals surface area (Å²) >= 11 is 0. The van der Waals surface area contributed by atoms with E-state index in [0.717, 1.165) is 0 Å². The maximum Gasteiger partial charge on any atom is 0.233 e. The molecule has 0 aliphatic rings. The molecule has 0 unspecified atom stereocenters. The monoisotopic (exact) mass is 174 g/mol. The van der Waals surface area contributed by atoms with E-state index in [2.05, 4.69) is 5.32 Å². The van der Waals surface area contributed by atoms with Crippen LogP contribution < -0.4 is 11.1 Å². The number of hydrogen-bond donors (Lipinski definition) is 3. The number of rotatable bonds is 5. The fourth-order valence-corrected chi connectivity index (χ4v) is 0.835. The molecule has 0 aromatic rings. The average molecular weight is 174 g/mol. The molecule has 0 bridgehead atoms. The molecule has 0 spiro atoms. The third kappa shape index (κ3) is 3.69.